The number of unbranched alkanes of at least 4 members (excludes halogenated alkanes) is 1. The molecule has 0 saturated heterocycles. The van der Waals surface area contributed by atoms with E-state index in [0.29, 0.717) is 5.41 Å². The summed E-state index contributed by atoms with van der Waals surface area (Å²) in [6, 6.07) is 2.31. The van der Waals surface area contributed by atoms with E-state index < -0.39 is 0 Å². The molecule has 0 N–H and O–H groups in total. The number of alkyl halides is 1. The lowest BCUT2D eigenvalue weighted by atomic mass is 9.68. The molecule has 1 aliphatic rings. The van der Waals surface area contributed by atoms with Crippen LogP contribution in [0.15, 0.2) is 6.07 Å². The fraction of sp³-hybridized carbons (Fsp3) is 0.833. The van der Waals surface area contributed by atoms with Crippen LogP contribution in [0.2, 0.25) is 0 Å². The SMILES string of the molecule is CCCCC1CCC(CBr)(Cc2cc(CC)nn2C)CC1. The van der Waals surface area contributed by atoms with Crippen LogP contribution < -0.4 is 0 Å². The van der Waals surface area contributed by atoms with E-state index in [9.17, 15) is 0 Å². The number of halogens is 1. The number of aryl methyl sites for hydroxylation is 2. The Hall–Kier alpha value is -0.310. The number of hydrogen-bond acceptors (Lipinski definition) is 1. The fourth-order valence-electron chi connectivity index (χ4n) is 3.72. The quantitative estimate of drug-likeness (QED) is 0.608. The summed E-state index contributed by atoms with van der Waals surface area (Å²) in [6.45, 7) is 4.49. The molecule has 3 heteroatoms. The van der Waals surface area contributed by atoms with Gasteiger partial charge in [0.1, 0.15) is 0 Å². The van der Waals surface area contributed by atoms with E-state index in [-0.39, 0.29) is 0 Å². The van der Waals surface area contributed by atoms with Crippen LogP contribution in [0, 0.1) is 11.3 Å². The molecule has 0 bridgehead atoms. The molecule has 2 nitrogen and oxygen atoms in total. The highest BCUT2D eigenvalue weighted by Gasteiger charge is 2.35. The van der Waals surface area contributed by atoms with Gasteiger partial charge < -0.3 is 0 Å². The number of rotatable bonds is 7. The van der Waals surface area contributed by atoms with Crippen LogP contribution in [-0.2, 0) is 19.9 Å². The molecule has 2 rings (SSSR count). The average Bonchev–Trinajstić information content (AvgIpc) is 2.86. The van der Waals surface area contributed by atoms with E-state index >= 15 is 0 Å². The topological polar surface area (TPSA) is 17.8 Å². The number of hydrogen-bond donors (Lipinski definition) is 0. The normalized spacial score (nSPS) is 26.2. The minimum atomic E-state index is 0.460. The predicted octanol–water partition coefficient (Wildman–Crippen LogP) is 5.29. The zero-order valence-corrected chi connectivity index (χ0v) is 15.6. The zero-order chi connectivity index (χ0) is 15.3. The Morgan fingerprint density at radius 3 is 2.57 bits per heavy atom. The third kappa shape index (κ3) is 4.34. The monoisotopic (exact) mass is 354 g/mol. The van der Waals surface area contributed by atoms with Crippen LogP contribution in [0.25, 0.3) is 0 Å². The Balaban J connectivity index is 1.98. The predicted molar refractivity (Wildman–Crippen MR) is 94.0 cm³/mol. The molecule has 0 radical (unpaired) electrons. The summed E-state index contributed by atoms with van der Waals surface area (Å²) in [4.78, 5) is 0. The lowest BCUT2D eigenvalue weighted by Gasteiger charge is -2.39. The van der Waals surface area contributed by atoms with Gasteiger partial charge >= 0.3 is 0 Å². The van der Waals surface area contributed by atoms with Crippen molar-refractivity contribution < 1.29 is 0 Å². The van der Waals surface area contributed by atoms with Gasteiger partial charge in [0.15, 0.2) is 0 Å². The Bertz CT molecular complexity index is 430. The van der Waals surface area contributed by atoms with Crippen LogP contribution in [0.5, 0.6) is 0 Å². The molecule has 0 amide bonds. The van der Waals surface area contributed by atoms with Crippen LogP contribution in [-0.4, -0.2) is 15.1 Å². The van der Waals surface area contributed by atoms with Crippen molar-refractivity contribution >= 4 is 15.9 Å². The third-order valence-electron chi connectivity index (χ3n) is 5.36. The highest BCUT2D eigenvalue weighted by molar-refractivity contribution is 9.09. The fourth-order valence-corrected chi connectivity index (χ4v) is 4.48. The molecule has 1 aromatic rings. The van der Waals surface area contributed by atoms with Crippen molar-refractivity contribution in [3.05, 3.63) is 17.5 Å². The molecule has 0 aromatic carbocycles. The van der Waals surface area contributed by atoms with Gasteiger partial charge in [-0.05, 0) is 55.9 Å². The van der Waals surface area contributed by atoms with Crippen molar-refractivity contribution in [1.29, 1.82) is 0 Å². The van der Waals surface area contributed by atoms with Crippen molar-refractivity contribution in [1.82, 2.24) is 9.78 Å². The Labute approximate surface area is 138 Å². The summed E-state index contributed by atoms with van der Waals surface area (Å²) in [5.74, 6) is 0.981. The lowest BCUT2D eigenvalue weighted by Crippen LogP contribution is -2.32. The second-order valence-corrected chi connectivity index (χ2v) is 7.56. The molecular weight excluding hydrogens is 324 g/mol. The minimum Gasteiger partial charge on any atom is -0.272 e. The molecule has 0 aliphatic heterocycles. The molecule has 0 spiro atoms. The van der Waals surface area contributed by atoms with E-state index in [1.807, 2.05) is 0 Å². The molecule has 1 saturated carbocycles. The summed E-state index contributed by atoms with van der Waals surface area (Å²) in [7, 11) is 2.10. The molecule has 0 atom stereocenters. The summed E-state index contributed by atoms with van der Waals surface area (Å²) < 4.78 is 2.10. The zero-order valence-electron chi connectivity index (χ0n) is 14.0. The van der Waals surface area contributed by atoms with E-state index in [0.717, 1.165) is 17.7 Å². The van der Waals surface area contributed by atoms with Gasteiger partial charge in [0.25, 0.3) is 0 Å². The van der Waals surface area contributed by atoms with Crippen molar-refractivity contribution in [3.8, 4) is 0 Å². The smallest absolute Gasteiger partial charge is 0.0624 e. The Morgan fingerprint density at radius 1 is 1.33 bits per heavy atom. The second kappa shape index (κ2) is 7.80. The van der Waals surface area contributed by atoms with Crippen molar-refractivity contribution in [2.75, 3.05) is 5.33 Å². The molecule has 1 fully saturated rings. The summed E-state index contributed by atoms with van der Waals surface area (Å²) in [5, 5.41) is 5.75. The molecule has 120 valence electrons. The molecule has 1 aromatic heterocycles. The van der Waals surface area contributed by atoms with Crippen molar-refractivity contribution in [2.45, 2.75) is 71.6 Å². The summed E-state index contributed by atoms with van der Waals surface area (Å²) >= 11 is 3.82. The Kier molecular flexibility index (Phi) is 6.34. The maximum atomic E-state index is 4.62. The van der Waals surface area contributed by atoms with Crippen LogP contribution in [0.3, 0.4) is 0 Å². The van der Waals surface area contributed by atoms with E-state index in [4.69, 9.17) is 0 Å². The second-order valence-electron chi connectivity index (χ2n) is 7.00. The van der Waals surface area contributed by atoms with Gasteiger partial charge in [-0.15, -0.1) is 0 Å². The molecule has 1 aliphatic carbocycles. The average molecular weight is 355 g/mol. The molecule has 0 unspecified atom stereocenters. The Morgan fingerprint density at radius 2 is 2.05 bits per heavy atom. The maximum absolute atomic E-state index is 4.62. The largest absolute Gasteiger partial charge is 0.272 e. The third-order valence-corrected chi connectivity index (χ3v) is 6.55. The maximum Gasteiger partial charge on any atom is 0.0624 e. The molecular formula is C18H31BrN2. The highest BCUT2D eigenvalue weighted by atomic mass is 79.9. The van der Waals surface area contributed by atoms with Gasteiger partial charge in [-0.3, -0.25) is 4.68 Å². The van der Waals surface area contributed by atoms with E-state index in [1.165, 1.54) is 62.8 Å². The van der Waals surface area contributed by atoms with Crippen molar-refractivity contribution in [2.24, 2.45) is 18.4 Å². The van der Waals surface area contributed by atoms with Gasteiger partial charge in [0.05, 0.1) is 5.69 Å². The standard InChI is InChI=1S/C18H31BrN2/c1-4-6-7-15-8-10-18(14-19,11-9-15)13-17-12-16(5-2)20-21(17)3/h12,15H,4-11,13-14H2,1-3H3. The van der Waals surface area contributed by atoms with Gasteiger partial charge in [-0.1, -0.05) is 49.0 Å². The first-order valence-corrected chi connectivity index (χ1v) is 9.82. The first kappa shape index (κ1) is 17.1. The van der Waals surface area contributed by atoms with Gasteiger partial charge in [-0.25, -0.2) is 0 Å². The highest BCUT2D eigenvalue weighted by Crippen LogP contribution is 2.44. The minimum absolute atomic E-state index is 0.460. The number of aromatic nitrogens is 2. The first-order chi connectivity index (χ1) is 10.1. The summed E-state index contributed by atoms with van der Waals surface area (Å²) in [6.07, 6.45) is 12.0. The van der Waals surface area contributed by atoms with Crippen LogP contribution >= 0.6 is 15.9 Å². The van der Waals surface area contributed by atoms with Crippen LogP contribution in [0.1, 0.15) is 70.2 Å². The van der Waals surface area contributed by atoms with Gasteiger partial charge in [0.2, 0.25) is 0 Å². The lowest BCUT2D eigenvalue weighted by molar-refractivity contribution is 0.166. The van der Waals surface area contributed by atoms with E-state index in [2.05, 4.69) is 52.7 Å². The molecule has 1 heterocycles. The van der Waals surface area contributed by atoms with E-state index in [1.54, 1.807) is 0 Å². The van der Waals surface area contributed by atoms with Gasteiger partial charge in [-0.2, -0.15) is 5.10 Å². The van der Waals surface area contributed by atoms with Crippen molar-refractivity contribution in [3.63, 3.8) is 0 Å². The first-order valence-electron chi connectivity index (χ1n) is 8.70. The van der Waals surface area contributed by atoms with Crippen LogP contribution in [0.4, 0.5) is 0 Å². The molecule has 21 heavy (non-hydrogen) atoms. The summed E-state index contributed by atoms with van der Waals surface area (Å²) in [5.41, 5.74) is 3.11. The number of nitrogens with zero attached hydrogens (tertiary/aromatic N) is 2. The van der Waals surface area contributed by atoms with Gasteiger partial charge in [0, 0.05) is 18.1 Å².